The molecule has 2 aromatic rings. The van der Waals surface area contributed by atoms with Crippen LogP contribution in [0.4, 0.5) is 5.69 Å². The summed E-state index contributed by atoms with van der Waals surface area (Å²) in [5.74, 6) is 1.04. The van der Waals surface area contributed by atoms with E-state index in [4.69, 9.17) is 9.47 Å². The van der Waals surface area contributed by atoms with Crippen molar-refractivity contribution in [3.05, 3.63) is 34.7 Å². The maximum atomic E-state index is 12.3. The Hall–Kier alpha value is -1.73. The molecule has 0 amide bonds. The normalized spacial score (nSPS) is 11.2. The molecule has 0 saturated carbocycles. The predicted molar refractivity (Wildman–Crippen MR) is 84.1 cm³/mol. The van der Waals surface area contributed by atoms with Crippen LogP contribution in [0.1, 0.15) is 10.4 Å². The van der Waals surface area contributed by atoms with Gasteiger partial charge in [0.25, 0.3) is 10.0 Å². The first kappa shape index (κ1) is 15.7. The van der Waals surface area contributed by atoms with Gasteiger partial charge in [0.05, 0.1) is 19.9 Å². The quantitative estimate of drug-likeness (QED) is 0.916. The van der Waals surface area contributed by atoms with Gasteiger partial charge in [0, 0.05) is 10.9 Å². The molecule has 0 atom stereocenters. The van der Waals surface area contributed by atoms with Crippen LogP contribution < -0.4 is 14.2 Å². The fourth-order valence-electron chi connectivity index (χ4n) is 1.84. The zero-order chi connectivity index (χ0) is 15.6. The summed E-state index contributed by atoms with van der Waals surface area (Å²) in [5, 5.41) is 0. The van der Waals surface area contributed by atoms with Crippen LogP contribution in [0.2, 0.25) is 0 Å². The van der Waals surface area contributed by atoms with Gasteiger partial charge in [-0.25, -0.2) is 8.42 Å². The molecule has 0 aliphatic heterocycles. The van der Waals surface area contributed by atoms with E-state index in [0.717, 1.165) is 10.4 Å². The molecule has 7 heteroatoms. The number of sulfonamides is 1. The third-order valence-electron chi connectivity index (χ3n) is 2.96. The molecule has 0 radical (unpaired) electrons. The van der Waals surface area contributed by atoms with E-state index < -0.39 is 10.0 Å². The Balaban J connectivity index is 2.39. The molecule has 1 aromatic carbocycles. The average molecular weight is 327 g/mol. The molecule has 1 aromatic heterocycles. The van der Waals surface area contributed by atoms with Gasteiger partial charge in [0.2, 0.25) is 0 Å². The van der Waals surface area contributed by atoms with E-state index in [2.05, 4.69) is 4.72 Å². The van der Waals surface area contributed by atoms with Gasteiger partial charge in [-0.3, -0.25) is 4.72 Å². The van der Waals surface area contributed by atoms with Gasteiger partial charge in [0.15, 0.2) is 11.5 Å². The second kappa shape index (κ2) is 5.95. The Morgan fingerprint density at radius 3 is 2.19 bits per heavy atom. The van der Waals surface area contributed by atoms with Gasteiger partial charge in [-0.05, 0) is 37.6 Å². The Morgan fingerprint density at radius 2 is 1.67 bits per heavy atom. The minimum Gasteiger partial charge on any atom is -0.493 e. The number of benzene rings is 1. The molecule has 2 rings (SSSR count). The zero-order valence-electron chi connectivity index (χ0n) is 12.3. The van der Waals surface area contributed by atoms with E-state index in [1.165, 1.54) is 25.6 Å². The van der Waals surface area contributed by atoms with E-state index in [1.54, 1.807) is 31.2 Å². The van der Waals surface area contributed by atoms with E-state index in [0.29, 0.717) is 17.2 Å². The second-order valence-corrected chi connectivity index (χ2v) is 7.69. The first-order valence-electron chi connectivity index (χ1n) is 6.19. The molecule has 0 aliphatic rings. The van der Waals surface area contributed by atoms with Crippen molar-refractivity contribution < 1.29 is 17.9 Å². The van der Waals surface area contributed by atoms with E-state index in [1.807, 2.05) is 6.92 Å². The molecule has 0 saturated heterocycles. The largest absolute Gasteiger partial charge is 0.493 e. The summed E-state index contributed by atoms with van der Waals surface area (Å²) >= 11 is 1.23. The molecular weight excluding hydrogens is 310 g/mol. The van der Waals surface area contributed by atoms with Crippen LogP contribution in [-0.2, 0) is 10.0 Å². The standard InChI is InChI=1S/C14H17NO4S2/c1-9-7-12(18-3)13(19-4)8-11(9)15-21(16,17)14-6-5-10(2)20-14/h5-8,15H,1-4H3. The minimum atomic E-state index is -3.59. The molecule has 5 nitrogen and oxygen atoms in total. The number of anilines is 1. The van der Waals surface area contributed by atoms with Crippen LogP contribution in [0, 0.1) is 13.8 Å². The number of hydrogen-bond acceptors (Lipinski definition) is 5. The second-order valence-electron chi connectivity index (χ2n) is 4.49. The summed E-state index contributed by atoms with van der Waals surface area (Å²) in [5.41, 5.74) is 1.23. The minimum absolute atomic E-state index is 0.286. The van der Waals surface area contributed by atoms with Crippen LogP contribution in [0.25, 0.3) is 0 Å². The summed E-state index contributed by atoms with van der Waals surface area (Å²) in [4.78, 5) is 0.944. The third-order valence-corrected chi connectivity index (χ3v) is 5.81. The van der Waals surface area contributed by atoms with Crippen LogP contribution >= 0.6 is 11.3 Å². The van der Waals surface area contributed by atoms with E-state index in [9.17, 15) is 8.42 Å². The molecule has 1 heterocycles. The van der Waals surface area contributed by atoms with Crippen molar-refractivity contribution >= 4 is 27.0 Å². The van der Waals surface area contributed by atoms with Crippen molar-refractivity contribution in [1.82, 2.24) is 0 Å². The fourth-order valence-corrected chi connectivity index (χ4v) is 4.25. The van der Waals surface area contributed by atoms with Crippen molar-refractivity contribution in [2.75, 3.05) is 18.9 Å². The van der Waals surface area contributed by atoms with Gasteiger partial charge >= 0.3 is 0 Å². The van der Waals surface area contributed by atoms with Gasteiger partial charge in [0.1, 0.15) is 4.21 Å². The Labute approximate surface area is 128 Å². The molecule has 0 fully saturated rings. The lowest BCUT2D eigenvalue weighted by Crippen LogP contribution is -2.12. The first-order valence-corrected chi connectivity index (χ1v) is 8.49. The summed E-state index contributed by atoms with van der Waals surface area (Å²) < 4.78 is 38.0. The number of hydrogen-bond donors (Lipinski definition) is 1. The van der Waals surface area contributed by atoms with Crippen LogP contribution in [0.5, 0.6) is 11.5 Å². The number of rotatable bonds is 5. The number of aryl methyl sites for hydroxylation is 2. The predicted octanol–water partition coefficient (Wildman–Crippen LogP) is 3.18. The Bertz CT molecular complexity index is 750. The number of methoxy groups -OCH3 is 2. The van der Waals surface area contributed by atoms with Crippen molar-refractivity contribution in [3.8, 4) is 11.5 Å². The molecule has 0 aliphatic carbocycles. The highest BCUT2D eigenvalue weighted by Gasteiger charge is 2.18. The Morgan fingerprint density at radius 1 is 1.05 bits per heavy atom. The van der Waals surface area contributed by atoms with Gasteiger partial charge in [-0.15, -0.1) is 11.3 Å². The van der Waals surface area contributed by atoms with Crippen molar-refractivity contribution in [3.63, 3.8) is 0 Å². The highest BCUT2D eigenvalue weighted by Crippen LogP contribution is 2.34. The SMILES string of the molecule is COc1cc(C)c(NS(=O)(=O)c2ccc(C)s2)cc1OC. The van der Waals surface area contributed by atoms with Crippen molar-refractivity contribution in [1.29, 1.82) is 0 Å². The zero-order valence-corrected chi connectivity index (χ0v) is 13.9. The highest BCUT2D eigenvalue weighted by atomic mass is 32.2. The summed E-state index contributed by atoms with van der Waals surface area (Å²) in [6.45, 7) is 3.67. The average Bonchev–Trinajstić information content (AvgIpc) is 2.88. The molecule has 1 N–H and O–H groups in total. The topological polar surface area (TPSA) is 64.6 Å². The number of nitrogens with one attached hydrogen (secondary N) is 1. The van der Waals surface area contributed by atoms with Gasteiger partial charge in [-0.2, -0.15) is 0 Å². The number of ether oxygens (including phenoxy) is 2. The smallest absolute Gasteiger partial charge is 0.271 e. The van der Waals surface area contributed by atoms with Crippen LogP contribution in [-0.4, -0.2) is 22.6 Å². The van der Waals surface area contributed by atoms with Crippen molar-refractivity contribution in [2.24, 2.45) is 0 Å². The monoisotopic (exact) mass is 327 g/mol. The molecular formula is C14H17NO4S2. The van der Waals surface area contributed by atoms with Gasteiger partial charge < -0.3 is 9.47 Å². The van der Waals surface area contributed by atoms with Crippen LogP contribution in [0.15, 0.2) is 28.5 Å². The maximum Gasteiger partial charge on any atom is 0.271 e. The van der Waals surface area contributed by atoms with Crippen LogP contribution in [0.3, 0.4) is 0 Å². The fraction of sp³-hybridized carbons (Fsp3) is 0.286. The molecule has 0 bridgehead atoms. The molecule has 21 heavy (non-hydrogen) atoms. The summed E-state index contributed by atoms with van der Waals surface area (Å²) in [7, 11) is -0.542. The third kappa shape index (κ3) is 3.30. The van der Waals surface area contributed by atoms with Crippen molar-refractivity contribution in [2.45, 2.75) is 18.1 Å². The lowest BCUT2D eigenvalue weighted by molar-refractivity contribution is 0.355. The van der Waals surface area contributed by atoms with E-state index in [-0.39, 0.29) is 4.21 Å². The number of thiophene rings is 1. The highest BCUT2D eigenvalue weighted by molar-refractivity contribution is 7.94. The summed E-state index contributed by atoms with van der Waals surface area (Å²) in [6.07, 6.45) is 0. The molecule has 114 valence electrons. The maximum absolute atomic E-state index is 12.3. The Kier molecular flexibility index (Phi) is 4.43. The lowest BCUT2D eigenvalue weighted by atomic mass is 10.2. The lowest BCUT2D eigenvalue weighted by Gasteiger charge is -2.14. The first-order chi connectivity index (χ1) is 9.87. The summed E-state index contributed by atoms with van der Waals surface area (Å²) in [6, 6.07) is 6.72. The van der Waals surface area contributed by atoms with Gasteiger partial charge in [-0.1, -0.05) is 0 Å². The molecule has 0 spiro atoms. The van der Waals surface area contributed by atoms with E-state index >= 15 is 0 Å². The molecule has 0 unspecified atom stereocenters.